The van der Waals surface area contributed by atoms with Crippen molar-refractivity contribution < 1.29 is 4.52 Å². The molecule has 1 rings (SSSR count). The second kappa shape index (κ2) is 3.87. The van der Waals surface area contributed by atoms with Gasteiger partial charge in [-0.25, -0.2) is 0 Å². The summed E-state index contributed by atoms with van der Waals surface area (Å²) in [6, 6.07) is 0. The topological polar surface area (TPSA) is 64.9 Å². The van der Waals surface area contributed by atoms with Crippen LogP contribution >= 0.6 is 0 Å². The van der Waals surface area contributed by atoms with Crippen molar-refractivity contribution in [3.63, 3.8) is 0 Å². The summed E-state index contributed by atoms with van der Waals surface area (Å²) in [6.07, 6.45) is 2.66. The van der Waals surface area contributed by atoms with E-state index in [-0.39, 0.29) is 0 Å². The second-order valence-electron chi connectivity index (χ2n) is 3.54. The monoisotopic (exact) mass is 183 g/mol. The minimum absolute atomic E-state index is 0.487. The molecule has 0 aliphatic rings. The molecule has 1 aromatic rings. The smallest absolute Gasteiger partial charge is 0.246 e. The van der Waals surface area contributed by atoms with Gasteiger partial charge in [-0.15, -0.1) is 0 Å². The van der Waals surface area contributed by atoms with Gasteiger partial charge in [-0.05, 0) is 19.8 Å². The van der Waals surface area contributed by atoms with Gasteiger partial charge in [-0.3, -0.25) is 0 Å². The Balaban J connectivity index is 2.79. The molecule has 1 unspecified atom stereocenters. The first kappa shape index (κ1) is 10.2. The van der Waals surface area contributed by atoms with Gasteiger partial charge in [0, 0.05) is 6.42 Å². The van der Waals surface area contributed by atoms with Crippen molar-refractivity contribution in [1.82, 2.24) is 10.1 Å². The molecular formula is C9H17N3O. The van der Waals surface area contributed by atoms with E-state index in [2.05, 4.69) is 17.1 Å². The van der Waals surface area contributed by atoms with E-state index in [0.29, 0.717) is 5.89 Å². The maximum atomic E-state index is 5.95. The van der Waals surface area contributed by atoms with Gasteiger partial charge in [0.2, 0.25) is 5.89 Å². The van der Waals surface area contributed by atoms with E-state index in [1.165, 1.54) is 0 Å². The van der Waals surface area contributed by atoms with E-state index >= 15 is 0 Å². The van der Waals surface area contributed by atoms with Crippen LogP contribution in [0.1, 0.15) is 45.3 Å². The molecule has 13 heavy (non-hydrogen) atoms. The number of nitrogens with zero attached hydrogens (tertiary/aromatic N) is 2. The van der Waals surface area contributed by atoms with Crippen LogP contribution < -0.4 is 5.73 Å². The van der Waals surface area contributed by atoms with Gasteiger partial charge in [0.1, 0.15) is 0 Å². The molecule has 74 valence electrons. The Morgan fingerprint density at radius 2 is 2.15 bits per heavy atom. The lowest BCUT2D eigenvalue weighted by atomic mass is 10.0. The highest BCUT2D eigenvalue weighted by atomic mass is 16.5. The summed E-state index contributed by atoms with van der Waals surface area (Å²) in [6.45, 7) is 5.98. The molecule has 0 bridgehead atoms. The van der Waals surface area contributed by atoms with Crippen molar-refractivity contribution in [3.05, 3.63) is 11.7 Å². The van der Waals surface area contributed by atoms with Gasteiger partial charge in [-0.2, -0.15) is 4.98 Å². The normalized spacial score (nSPS) is 15.7. The molecule has 0 aliphatic carbocycles. The van der Waals surface area contributed by atoms with Crippen LogP contribution in [0.5, 0.6) is 0 Å². The summed E-state index contributed by atoms with van der Waals surface area (Å²) in [5.41, 5.74) is 5.46. The third-order valence-electron chi connectivity index (χ3n) is 2.16. The van der Waals surface area contributed by atoms with Gasteiger partial charge in [0.15, 0.2) is 5.82 Å². The quantitative estimate of drug-likeness (QED) is 0.770. The Morgan fingerprint density at radius 3 is 2.69 bits per heavy atom. The summed E-state index contributed by atoms with van der Waals surface area (Å²) in [7, 11) is 0. The number of rotatable bonds is 4. The Morgan fingerprint density at radius 1 is 1.46 bits per heavy atom. The van der Waals surface area contributed by atoms with E-state index in [4.69, 9.17) is 10.3 Å². The molecule has 1 atom stereocenters. The van der Waals surface area contributed by atoms with Gasteiger partial charge in [0.25, 0.3) is 0 Å². The summed E-state index contributed by atoms with van der Waals surface area (Å²) >= 11 is 0. The summed E-state index contributed by atoms with van der Waals surface area (Å²) < 4.78 is 5.09. The van der Waals surface area contributed by atoms with Crippen LogP contribution in [0.25, 0.3) is 0 Å². The molecule has 4 nitrogen and oxygen atoms in total. The van der Waals surface area contributed by atoms with Gasteiger partial charge < -0.3 is 10.3 Å². The summed E-state index contributed by atoms with van der Waals surface area (Å²) in [4.78, 5) is 4.24. The predicted molar refractivity (Wildman–Crippen MR) is 50.1 cm³/mol. The van der Waals surface area contributed by atoms with E-state index in [1.54, 1.807) is 0 Å². The first-order chi connectivity index (χ1) is 6.10. The van der Waals surface area contributed by atoms with Gasteiger partial charge in [-0.1, -0.05) is 19.0 Å². The molecule has 0 aliphatic heterocycles. The second-order valence-corrected chi connectivity index (χ2v) is 3.54. The number of hydrogen-bond donors (Lipinski definition) is 1. The molecular weight excluding hydrogens is 166 g/mol. The van der Waals surface area contributed by atoms with Crippen molar-refractivity contribution in [2.24, 2.45) is 5.73 Å². The van der Waals surface area contributed by atoms with Crippen LogP contribution in [0.2, 0.25) is 0 Å². The van der Waals surface area contributed by atoms with E-state index in [1.807, 2.05) is 13.8 Å². The fourth-order valence-corrected chi connectivity index (χ4v) is 0.962. The van der Waals surface area contributed by atoms with E-state index < -0.39 is 5.54 Å². The minimum Gasteiger partial charge on any atom is -0.337 e. The van der Waals surface area contributed by atoms with Crippen molar-refractivity contribution >= 4 is 0 Å². The number of hydrogen-bond acceptors (Lipinski definition) is 4. The van der Waals surface area contributed by atoms with Crippen LogP contribution in [0.15, 0.2) is 4.52 Å². The molecule has 0 aromatic carbocycles. The van der Waals surface area contributed by atoms with Gasteiger partial charge in [0.05, 0.1) is 5.54 Å². The minimum atomic E-state index is -0.487. The third-order valence-corrected chi connectivity index (χ3v) is 2.16. The predicted octanol–water partition coefficient (Wildman–Crippen LogP) is 1.61. The summed E-state index contributed by atoms with van der Waals surface area (Å²) in [5.74, 6) is 1.29. The first-order valence-electron chi connectivity index (χ1n) is 4.72. The largest absolute Gasteiger partial charge is 0.337 e. The molecule has 1 heterocycles. The molecule has 0 saturated heterocycles. The SMILES string of the molecule is CCCc1noc(C(C)(N)CC)n1. The van der Waals surface area contributed by atoms with Crippen LogP contribution in [-0.4, -0.2) is 10.1 Å². The Hall–Kier alpha value is -0.900. The molecule has 2 N–H and O–H groups in total. The maximum absolute atomic E-state index is 5.95. The molecule has 0 fully saturated rings. The molecule has 0 spiro atoms. The fraction of sp³-hybridized carbons (Fsp3) is 0.778. The lowest BCUT2D eigenvalue weighted by molar-refractivity contribution is 0.290. The zero-order valence-electron chi connectivity index (χ0n) is 8.50. The molecule has 0 saturated carbocycles. The van der Waals surface area contributed by atoms with E-state index in [9.17, 15) is 0 Å². The standard InChI is InChI=1S/C9H17N3O/c1-4-6-7-11-8(13-12-7)9(3,10)5-2/h4-6,10H2,1-3H3. The molecule has 0 amide bonds. The van der Waals surface area contributed by atoms with Crippen LogP contribution in [0, 0.1) is 0 Å². The molecule has 0 radical (unpaired) electrons. The van der Waals surface area contributed by atoms with Crippen molar-refractivity contribution in [2.45, 2.75) is 45.6 Å². The zero-order chi connectivity index (χ0) is 9.90. The third kappa shape index (κ3) is 2.28. The van der Waals surface area contributed by atoms with Crippen LogP contribution in [0.3, 0.4) is 0 Å². The van der Waals surface area contributed by atoms with Crippen LogP contribution in [0.4, 0.5) is 0 Å². The first-order valence-corrected chi connectivity index (χ1v) is 4.72. The average molecular weight is 183 g/mol. The number of aryl methyl sites for hydroxylation is 1. The number of nitrogens with two attached hydrogens (primary N) is 1. The zero-order valence-corrected chi connectivity index (χ0v) is 8.50. The lowest BCUT2D eigenvalue weighted by Crippen LogP contribution is -2.32. The highest BCUT2D eigenvalue weighted by molar-refractivity contribution is 4.99. The van der Waals surface area contributed by atoms with Crippen molar-refractivity contribution in [2.75, 3.05) is 0 Å². The summed E-state index contributed by atoms with van der Waals surface area (Å²) in [5, 5.41) is 3.85. The fourth-order valence-electron chi connectivity index (χ4n) is 0.962. The molecule has 4 heteroatoms. The Bertz CT molecular complexity index is 268. The Labute approximate surface area is 78.5 Å². The Kier molecular flexibility index (Phi) is 3.03. The molecule has 1 aromatic heterocycles. The highest BCUT2D eigenvalue weighted by Crippen LogP contribution is 2.19. The highest BCUT2D eigenvalue weighted by Gasteiger charge is 2.25. The van der Waals surface area contributed by atoms with Crippen molar-refractivity contribution in [3.8, 4) is 0 Å². The van der Waals surface area contributed by atoms with Crippen LogP contribution in [-0.2, 0) is 12.0 Å². The average Bonchev–Trinajstić information content (AvgIpc) is 2.54. The van der Waals surface area contributed by atoms with E-state index in [0.717, 1.165) is 25.1 Å². The number of aromatic nitrogens is 2. The lowest BCUT2D eigenvalue weighted by Gasteiger charge is -2.16. The maximum Gasteiger partial charge on any atom is 0.246 e. The van der Waals surface area contributed by atoms with Gasteiger partial charge >= 0.3 is 0 Å². The van der Waals surface area contributed by atoms with Crippen molar-refractivity contribution in [1.29, 1.82) is 0 Å².